The molecular formula is C30H28N4O. The first-order chi connectivity index (χ1) is 17.2. The van der Waals surface area contributed by atoms with Crippen LogP contribution in [0.4, 0.5) is 0 Å². The van der Waals surface area contributed by atoms with E-state index in [0.717, 1.165) is 60.3 Å². The fraction of sp³-hybridized carbons (Fsp3) is 0.267. The zero-order chi connectivity index (χ0) is 23.4. The average molecular weight is 461 g/mol. The van der Waals surface area contributed by atoms with Gasteiger partial charge in [-0.3, -0.25) is 4.79 Å². The van der Waals surface area contributed by atoms with Crippen LogP contribution >= 0.6 is 0 Å². The standard InChI is InChI=1S/C30H28N4O/c35-28(22-8-9-22)30(14-16-31-18-30)19-34-27-4-2-1-3-25(27)33-29(34)23-10-5-20(6-11-23)24-12-7-21-13-15-32-26(21)17-24/h1-7,10-13,15,17,22,31-32H,8-9,14,16,18-19H2/t30-/m0/s1. The third kappa shape index (κ3) is 3.50. The second-order valence-corrected chi connectivity index (χ2v) is 10.2. The molecule has 1 aliphatic heterocycles. The first-order valence-electron chi connectivity index (χ1n) is 12.6. The SMILES string of the molecule is O=C(C1CC1)[C@@]1(Cn2c(-c3ccc(-c4ccc5cc[nH]c5c4)cc3)nc3ccccc32)CCNC1. The Morgan fingerprint density at radius 3 is 2.57 bits per heavy atom. The first-order valence-corrected chi connectivity index (χ1v) is 12.6. The van der Waals surface area contributed by atoms with Gasteiger partial charge in [0.25, 0.3) is 0 Å². The normalized spacial score (nSPS) is 20.1. The van der Waals surface area contributed by atoms with Crippen LogP contribution in [0, 0.1) is 11.3 Å². The summed E-state index contributed by atoms with van der Waals surface area (Å²) < 4.78 is 2.29. The molecule has 2 aromatic heterocycles. The second kappa shape index (κ2) is 7.92. The zero-order valence-corrected chi connectivity index (χ0v) is 19.6. The van der Waals surface area contributed by atoms with Crippen LogP contribution in [-0.2, 0) is 11.3 Å². The highest BCUT2D eigenvalue weighted by Crippen LogP contribution is 2.42. The van der Waals surface area contributed by atoms with Crippen LogP contribution < -0.4 is 5.32 Å². The summed E-state index contributed by atoms with van der Waals surface area (Å²) in [7, 11) is 0. The Balaban J connectivity index is 1.29. The topological polar surface area (TPSA) is 62.7 Å². The molecule has 5 heteroatoms. The Morgan fingerprint density at radius 1 is 0.971 bits per heavy atom. The quantitative estimate of drug-likeness (QED) is 0.336. The van der Waals surface area contributed by atoms with Gasteiger partial charge in [0.05, 0.1) is 16.4 Å². The lowest BCUT2D eigenvalue weighted by Gasteiger charge is -2.28. The number of H-pyrrole nitrogens is 1. The highest BCUT2D eigenvalue weighted by atomic mass is 16.1. The fourth-order valence-corrected chi connectivity index (χ4v) is 5.74. The molecule has 5 nitrogen and oxygen atoms in total. The molecule has 7 rings (SSSR count). The minimum absolute atomic E-state index is 0.254. The minimum atomic E-state index is -0.342. The van der Waals surface area contributed by atoms with E-state index in [0.29, 0.717) is 12.3 Å². The molecule has 0 amide bonds. The second-order valence-electron chi connectivity index (χ2n) is 10.2. The van der Waals surface area contributed by atoms with E-state index in [2.05, 4.69) is 81.6 Å². The van der Waals surface area contributed by atoms with Gasteiger partial charge >= 0.3 is 0 Å². The van der Waals surface area contributed by atoms with Crippen LogP contribution in [0.5, 0.6) is 0 Å². The van der Waals surface area contributed by atoms with Gasteiger partial charge in [-0.1, -0.05) is 48.5 Å². The van der Waals surface area contributed by atoms with Crippen molar-refractivity contribution >= 4 is 27.7 Å². The van der Waals surface area contributed by atoms with E-state index in [1.54, 1.807) is 0 Å². The van der Waals surface area contributed by atoms with Crippen molar-refractivity contribution in [1.82, 2.24) is 19.9 Å². The molecule has 1 aliphatic carbocycles. The molecule has 1 saturated heterocycles. The molecule has 2 aliphatic rings. The third-order valence-electron chi connectivity index (χ3n) is 7.86. The predicted octanol–water partition coefficient (Wildman–Crippen LogP) is 5.81. The number of para-hydroxylation sites is 2. The molecule has 5 aromatic rings. The number of aromatic nitrogens is 3. The fourth-order valence-electron chi connectivity index (χ4n) is 5.74. The Labute approximate surface area is 204 Å². The molecule has 0 bridgehead atoms. The number of ketones is 1. The number of carbonyl (C=O) groups is 1. The van der Waals surface area contributed by atoms with Crippen LogP contribution in [0.1, 0.15) is 19.3 Å². The number of carbonyl (C=O) groups excluding carboxylic acids is 1. The number of imidazole rings is 1. The van der Waals surface area contributed by atoms with Crippen molar-refractivity contribution in [3.05, 3.63) is 79.0 Å². The molecule has 2 N–H and O–H groups in total. The van der Waals surface area contributed by atoms with Gasteiger partial charge in [-0.25, -0.2) is 4.98 Å². The maximum Gasteiger partial charge on any atom is 0.145 e. The zero-order valence-electron chi connectivity index (χ0n) is 19.6. The number of nitrogens with one attached hydrogen (secondary N) is 2. The third-order valence-corrected chi connectivity index (χ3v) is 7.86. The van der Waals surface area contributed by atoms with Gasteiger partial charge in [-0.2, -0.15) is 0 Å². The van der Waals surface area contributed by atoms with Crippen molar-refractivity contribution < 1.29 is 4.79 Å². The molecule has 1 atom stereocenters. The van der Waals surface area contributed by atoms with Crippen molar-refractivity contribution in [2.45, 2.75) is 25.8 Å². The monoisotopic (exact) mass is 460 g/mol. The maximum atomic E-state index is 13.4. The highest BCUT2D eigenvalue weighted by Gasteiger charge is 2.48. The molecule has 0 spiro atoms. The molecule has 174 valence electrons. The average Bonchev–Trinajstić information content (AvgIpc) is 3.29. The summed E-state index contributed by atoms with van der Waals surface area (Å²) >= 11 is 0. The number of aromatic amines is 1. The molecule has 2 fully saturated rings. The van der Waals surface area contributed by atoms with Crippen LogP contribution in [0.2, 0.25) is 0 Å². The number of Topliss-reactive ketones (excluding diaryl/α,β-unsaturated/α-hetero) is 1. The number of hydrogen-bond donors (Lipinski definition) is 2. The number of fused-ring (bicyclic) bond motifs is 2. The summed E-state index contributed by atoms with van der Waals surface area (Å²) in [6.07, 6.45) is 4.97. The maximum absolute atomic E-state index is 13.4. The van der Waals surface area contributed by atoms with Gasteiger partial charge in [0.15, 0.2) is 0 Å². The Bertz CT molecular complexity index is 1550. The smallest absolute Gasteiger partial charge is 0.145 e. The van der Waals surface area contributed by atoms with Crippen LogP contribution in [0.25, 0.3) is 44.5 Å². The van der Waals surface area contributed by atoms with Gasteiger partial charge in [0, 0.05) is 36.3 Å². The lowest BCUT2D eigenvalue weighted by molar-refractivity contribution is -0.129. The minimum Gasteiger partial charge on any atom is -0.361 e. The lowest BCUT2D eigenvalue weighted by atomic mass is 9.80. The molecule has 35 heavy (non-hydrogen) atoms. The van der Waals surface area contributed by atoms with E-state index in [1.807, 2.05) is 12.3 Å². The van der Waals surface area contributed by atoms with Gasteiger partial charge < -0.3 is 14.9 Å². The van der Waals surface area contributed by atoms with E-state index in [9.17, 15) is 4.79 Å². The lowest BCUT2D eigenvalue weighted by Crippen LogP contribution is -2.39. The van der Waals surface area contributed by atoms with Crippen molar-refractivity contribution in [2.75, 3.05) is 13.1 Å². The van der Waals surface area contributed by atoms with Crippen molar-refractivity contribution in [3.8, 4) is 22.5 Å². The summed E-state index contributed by atoms with van der Waals surface area (Å²) in [6.45, 7) is 2.34. The number of benzene rings is 3. The van der Waals surface area contributed by atoms with Crippen molar-refractivity contribution in [3.63, 3.8) is 0 Å². The summed E-state index contributed by atoms with van der Waals surface area (Å²) in [4.78, 5) is 21.8. The summed E-state index contributed by atoms with van der Waals surface area (Å²) in [5.41, 5.74) is 6.31. The number of nitrogens with zero attached hydrogens (tertiary/aromatic N) is 2. The van der Waals surface area contributed by atoms with Gasteiger partial charge in [0.2, 0.25) is 0 Å². The molecular weight excluding hydrogens is 432 g/mol. The molecule has 1 saturated carbocycles. The summed E-state index contributed by atoms with van der Waals surface area (Å²) in [5.74, 6) is 1.64. The first kappa shape index (κ1) is 20.7. The van der Waals surface area contributed by atoms with Gasteiger partial charge in [-0.15, -0.1) is 0 Å². The molecule has 0 unspecified atom stereocenters. The summed E-state index contributed by atoms with van der Waals surface area (Å²) in [6, 6.07) is 25.6. The van der Waals surface area contributed by atoms with E-state index in [-0.39, 0.29) is 11.3 Å². The Hall–Kier alpha value is -3.70. The molecule has 3 heterocycles. The Kier molecular flexibility index (Phi) is 4.68. The van der Waals surface area contributed by atoms with Crippen molar-refractivity contribution in [1.29, 1.82) is 0 Å². The van der Waals surface area contributed by atoms with Gasteiger partial charge in [-0.05, 0) is 66.6 Å². The van der Waals surface area contributed by atoms with E-state index < -0.39 is 0 Å². The molecule has 0 radical (unpaired) electrons. The van der Waals surface area contributed by atoms with E-state index >= 15 is 0 Å². The molecule has 3 aromatic carbocycles. The highest BCUT2D eigenvalue weighted by molar-refractivity contribution is 5.90. The summed E-state index contributed by atoms with van der Waals surface area (Å²) in [5, 5.41) is 4.69. The van der Waals surface area contributed by atoms with Crippen LogP contribution in [0.3, 0.4) is 0 Å². The number of rotatable bonds is 6. The van der Waals surface area contributed by atoms with Crippen LogP contribution in [0.15, 0.2) is 79.0 Å². The largest absolute Gasteiger partial charge is 0.361 e. The van der Waals surface area contributed by atoms with E-state index in [1.165, 1.54) is 16.5 Å². The predicted molar refractivity (Wildman–Crippen MR) is 140 cm³/mol. The number of hydrogen-bond acceptors (Lipinski definition) is 3. The van der Waals surface area contributed by atoms with Gasteiger partial charge in [0.1, 0.15) is 11.6 Å². The Morgan fingerprint density at radius 2 is 1.77 bits per heavy atom. The van der Waals surface area contributed by atoms with Crippen LogP contribution in [-0.4, -0.2) is 33.4 Å². The van der Waals surface area contributed by atoms with Crippen molar-refractivity contribution in [2.24, 2.45) is 11.3 Å². The van der Waals surface area contributed by atoms with E-state index in [4.69, 9.17) is 4.98 Å².